The normalized spacial score (nSPS) is 11.6. The Kier molecular flexibility index (Phi) is 3.66. The van der Waals surface area contributed by atoms with Gasteiger partial charge in [-0.1, -0.05) is 0 Å². The van der Waals surface area contributed by atoms with Gasteiger partial charge in [-0.05, 0) is 18.6 Å². The van der Waals surface area contributed by atoms with Gasteiger partial charge < -0.3 is 0 Å². The average molecular weight is 250 g/mol. The number of aromatic nitrogens is 1. The van der Waals surface area contributed by atoms with Crippen molar-refractivity contribution in [1.29, 1.82) is 5.26 Å². The van der Waals surface area contributed by atoms with Crippen molar-refractivity contribution in [1.82, 2.24) is 4.98 Å². The molecule has 0 aliphatic rings. The predicted octanol–water partition coefficient (Wildman–Crippen LogP) is 3.41. The molecule has 0 aromatic carbocycles. The molecule has 2 nitrogen and oxygen atoms in total. The van der Waals surface area contributed by atoms with Gasteiger partial charge in [0.05, 0.1) is 23.7 Å². The summed E-state index contributed by atoms with van der Waals surface area (Å²) in [6, 6.07) is 2.15. The van der Waals surface area contributed by atoms with E-state index in [0.717, 1.165) is 6.92 Å². The molecule has 0 saturated heterocycles. The Balaban J connectivity index is 3.45. The van der Waals surface area contributed by atoms with Gasteiger partial charge in [-0.3, -0.25) is 4.98 Å². The lowest BCUT2D eigenvalue weighted by molar-refractivity contribution is -0.138. The first-order valence-corrected chi connectivity index (χ1v) is 4.50. The number of nitrogens with zero attached hydrogens (tertiary/aromatic N) is 2. The topological polar surface area (TPSA) is 36.7 Å². The maximum absolute atomic E-state index is 12.6. The predicted molar refractivity (Wildman–Crippen MR) is 48.3 cm³/mol. The standard InChI is InChI=1S/C10H7F5N2/c1-5-8(10(13,14)15)6(2-3-16)4-7(17-5)9(11)12/h4,9H,2H2,1H3. The third-order valence-electron chi connectivity index (χ3n) is 2.08. The van der Waals surface area contributed by atoms with Crippen LogP contribution in [-0.2, 0) is 12.6 Å². The van der Waals surface area contributed by atoms with Crippen LogP contribution in [-0.4, -0.2) is 4.98 Å². The van der Waals surface area contributed by atoms with E-state index in [9.17, 15) is 22.0 Å². The van der Waals surface area contributed by atoms with Gasteiger partial charge in [-0.2, -0.15) is 18.4 Å². The Morgan fingerprint density at radius 1 is 1.41 bits per heavy atom. The van der Waals surface area contributed by atoms with Gasteiger partial charge in [0.1, 0.15) is 5.69 Å². The van der Waals surface area contributed by atoms with Crippen molar-refractivity contribution in [3.05, 3.63) is 28.6 Å². The molecule has 0 radical (unpaired) electrons. The van der Waals surface area contributed by atoms with Crippen LogP contribution < -0.4 is 0 Å². The molecule has 0 N–H and O–H groups in total. The van der Waals surface area contributed by atoms with E-state index in [0.29, 0.717) is 6.07 Å². The Morgan fingerprint density at radius 3 is 2.41 bits per heavy atom. The lowest BCUT2D eigenvalue weighted by Crippen LogP contribution is -2.14. The van der Waals surface area contributed by atoms with Gasteiger partial charge in [0.2, 0.25) is 0 Å². The minimum Gasteiger partial charge on any atom is -0.252 e. The third kappa shape index (κ3) is 2.90. The van der Waals surface area contributed by atoms with E-state index < -0.39 is 41.5 Å². The summed E-state index contributed by atoms with van der Waals surface area (Å²) in [5, 5.41) is 8.40. The van der Waals surface area contributed by atoms with Crippen molar-refractivity contribution in [2.45, 2.75) is 25.9 Å². The van der Waals surface area contributed by atoms with E-state index in [-0.39, 0.29) is 0 Å². The Labute approximate surface area is 93.7 Å². The van der Waals surface area contributed by atoms with Crippen molar-refractivity contribution >= 4 is 0 Å². The fourth-order valence-corrected chi connectivity index (χ4v) is 1.49. The Morgan fingerprint density at radius 2 is 2.00 bits per heavy atom. The second kappa shape index (κ2) is 4.65. The molecule has 0 saturated carbocycles. The molecule has 0 atom stereocenters. The van der Waals surface area contributed by atoms with Crippen LogP contribution in [0.3, 0.4) is 0 Å². The zero-order chi connectivity index (χ0) is 13.2. The van der Waals surface area contributed by atoms with Crippen molar-refractivity contribution in [2.75, 3.05) is 0 Å². The van der Waals surface area contributed by atoms with E-state index in [1.165, 1.54) is 6.07 Å². The minimum absolute atomic E-state index is 0.470. The van der Waals surface area contributed by atoms with Crippen LogP contribution in [0.15, 0.2) is 6.07 Å². The van der Waals surface area contributed by atoms with Crippen molar-refractivity contribution in [2.24, 2.45) is 0 Å². The highest BCUT2D eigenvalue weighted by molar-refractivity contribution is 5.36. The summed E-state index contributed by atoms with van der Waals surface area (Å²) in [5.74, 6) is 0. The lowest BCUT2D eigenvalue weighted by Gasteiger charge is -2.15. The molecule has 1 heterocycles. The Hall–Kier alpha value is -1.71. The molecule has 0 unspecified atom stereocenters. The van der Waals surface area contributed by atoms with Crippen LogP contribution >= 0.6 is 0 Å². The lowest BCUT2D eigenvalue weighted by atomic mass is 10.0. The van der Waals surface area contributed by atoms with Crippen LogP contribution in [0.4, 0.5) is 22.0 Å². The highest BCUT2D eigenvalue weighted by Crippen LogP contribution is 2.35. The highest BCUT2D eigenvalue weighted by atomic mass is 19.4. The second-order valence-electron chi connectivity index (χ2n) is 3.30. The fourth-order valence-electron chi connectivity index (χ4n) is 1.49. The molecule has 92 valence electrons. The Bertz CT molecular complexity index is 459. The number of rotatable bonds is 2. The maximum atomic E-state index is 12.6. The first-order valence-electron chi connectivity index (χ1n) is 4.50. The smallest absolute Gasteiger partial charge is 0.252 e. The summed E-state index contributed by atoms with van der Waals surface area (Å²) in [6.45, 7) is 0.996. The fraction of sp³-hybridized carbons (Fsp3) is 0.400. The summed E-state index contributed by atoms with van der Waals surface area (Å²) in [7, 11) is 0. The number of halogens is 5. The van der Waals surface area contributed by atoms with Crippen molar-refractivity contribution < 1.29 is 22.0 Å². The number of alkyl halides is 5. The first-order chi connectivity index (χ1) is 7.77. The van der Waals surface area contributed by atoms with Gasteiger partial charge >= 0.3 is 6.18 Å². The van der Waals surface area contributed by atoms with E-state index >= 15 is 0 Å². The molecule has 0 bridgehead atoms. The minimum atomic E-state index is -4.70. The molecular weight excluding hydrogens is 243 g/mol. The number of aryl methyl sites for hydroxylation is 1. The molecule has 0 spiro atoms. The van der Waals surface area contributed by atoms with E-state index in [1.807, 2.05) is 0 Å². The largest absolute Gasteiger partial charge is 0.418 e. The van der Waals surface area contributed by atoms with Crippen LogP contribution in [0.5, 0.6) is 0 Å². The molecule has 7 heteroatoms. The SMILES string of the molecule is Cc1nc(C(F)F)cc(CC#N)c1C(F)(F)F. The number of hydrogen-bond acceptors (Lipinski definition) is 2. The van der Waals surface area contributed by atoms with E-state index in [4.69, 9.17) is 5.26 Å². The molecule has 1 rings (SSSR count). The van der Waals surface area contributed by atoms with Gasteiger partial charge in [0.25, 0.3) is 6.43 Å². The zero-order valence-corrected chi connectivity index (χ0v) is 8.65. The summed E-state index contributed by atoms with van der Waals surface area (Å²) in [4.78, 5) is 3.20. The number of nitriles is 1. The maximum Gasteiger partial charge on any atom is 0.418 e. The van der Waals surface area contributed by atoms with Crippen LogP contribution in [0.25, 0.3) is 0 Å². The molecule has 0 amide bonds. The zero-order valence-electron chi connectivity index (χ0n) is 8.65. The van der Waals surface area contributed by atoms with E-state index in [1.54, 1.807) is 0 Å². The molecule has 1 aromatic heterocycles. The third-order valence-corrected chi connectivity index (χ3v) is 2.08. The van der Waals surface area contributed by atoms with Crippen LogP contribution in [0, 0.1) is 18.3 Å². The molecule has 0 aliphatic heterocycles. The molecule has 17 heavy (non-hydrogen) atoms. The summed E-state index contributed by atoms with van der Waals surface area (Å²) < 4.78 is 62.6. The van der Waals surface area contributed by atoms with Crippen LogP contribution in [0.2, 0.25) is 0 Å². The molecule has 0 aliphatic carbocycles. The van der Waals surface area contributed by atoms with Gasteiger partial charge in [-0.15, -0.1) is 0 Å². The van der Waals surface area contributed by atoms with E-state index in [2.05, 4.69) is 4.98 Å². The first kappa shape index (κ1) is 13.4. The van der Waals surface area contributed by atoms with Gasteiger partial charge in [-0.25, -0.2) is 8.78 Å². The average Bonchev–Trinajstić information content (AvgIpc) is 2.14. The summed E-state index contributed by atoms with van der Waals surface area (Å²) in [5.41, 5.74) is -2.87. The van der Waals surface area contributed by atoms with Crippen molar-refractivity contribution in [3.63, 3.8) is 0 Å². The molecule has 1 aromatic rings. The number of pyridine rings is 1. The quantitative estimate of drug-likeness (QED) is 0.754. The summed E-state index contributed by atoms with van der Waals surface area (Å²) in [6.07, 6.45) is -8.25. The van der Waals surface area contributed by atoms with Crippen LogP contribution in [0.1, 0.15) is 28.9 Å². The highest BCUT2D eigenvalue weighted by Gasteiger charge is 2.36. The summed E-state index contributed by atoms with van der Waals surface area (Å²) >= 11 is 0. The molecule has 0 fully saturated rings. The van der Waals surface area contributed by atoms with Gasteiger partial charge in [0.15, 0.2) is 0 Å². The molecular formula is C10H7F5N2. The monoisotopic (exact) mass is 250 g/mol. The second-order valence-corrected chi connectivity index (χ2v) is 3.30. The number of hydrogen-bond donors (Lipinski definition) is 0. The van der Waals surface area contributed by atoms with Crippen molar-refractivity contribution in [3.8, 4) is 6.07 Å². The van der Waals surface area contributed by atoms with Gasteiger partial charge in [0, 0.05) is 0 Å².